The molecular weight excluding hydrogens is 590 g/mol. The third-order valence-electron chi connectivity index (χ3n) is 9.02. The van der Waals surface area contributed by atoms with Gasteiger partial charge in [-0.3, -0.25) is 0 Å². The number of hydrogen-bond donors (Lipinski definition) is 1. The second-order valence-electron chi connectivity index (χ2n) is 12.3. The van der Waals surface area contributed by atoms with Crippen LogP contribution >= 0.6 is 0 Å². The van der Waals surface area contributed by atoms with E-state index >= 15 is 0 Å². The molecule has 48 heavy (non-hydrogen) atoms. The molecule has 0 radical (unpaired) electrons. The minimum atomic E-state index is -1.24. The molecule has 6 aromatic rings. The van der Waals surface area contributed by atoms with Gasteiger partial charge in [-0.2, -0.15) is 5.26 Å². The predicted molar refractivity (Wildman–Crippen MR) is 195 cm³/mol. The fourth-order valence-electron chi connectivity index (χ4n) is 6.65. The van der Waals surface area contributed by atoms with Gasteiger partial charge in [-0.05, 0) is 107 Å². The highest BCUT2D eigenvalue weighted by atomic mass is 16.4. The molecule has 7 rings (SSSR count). The van der Waals surface area contributed by atoms with Gasteiger partial charge < -0.3 is 14.9 Å². The molecule has 1 N–H and O–H groups in total. The summed E-state index contributed by atoms with van der Waals surface area (Å²) in [6.45, 7) is 4.59. The highest BCUT2D eigenvalue weighted by Crippen LogP contribution is 2.52. The zero-order valence-corrected chi connectivity index (χ0v) is 26.7. The number of benzene rings is 6. The number of fused-ring (bicyclic) bond motifs is 3. The Balaban J connectivity index is 1.30. The number of rotatable bonds is 8. The maximum atomic E-state index is 11.4. The van der Waals surface area contributed by atoms with Crippen LogP contribution < -0.4 is 9.80 Å². The van der Waals surface area contributed by atoms with E-state index in [9.17, 15) is 15.2 Å². The first-order chi connectivity index (χ1) is 23.3. The number of nitrogens with zero attached hydrogens (tertiary/aromatic N) is 3. The molecule has 232 valence electrons. The minimum Gasteiger partial charge on any atom is -0.477 e. The van der Waals surface area contributed by atoms with Crippen LogP contribution in [0.25, 0.3) is 17.2 Å². The summed E-state index contributed by atoms with van der Waals surface area (Å²) in [6.07, 6.45) is 1.39. The molecule has 0 aliphatic heterocycles. The van der Waals surface area contributed by atoms with Crippen LogP contribution in [0.2, 0.25) is 0 Å². The van der Waals surface area contributed by atoms with Gasteiger partial charge >= 0.3 is 5.97 Å². The van der Waals surface area contributed by atoms with Crippen molar-refractivity contribution in [3.05, 3.63) is 174 Å². The summed E-state index contributed by atoms with van der Waals surface area (Å²) in [4.78, 5) is 15.9. The lowest BCUT2D eigenvalue weighted by atomic mass is 9.82. The number of carboxylic acid groups (broad SMARTS) is 1. The van der Waals surface area contributed by atoms with Crippen molar-refractivity contribution in [1.82, 2.24) is 0 Å². The quantitative estimate of drug-likeness (QED) is 0.135. The summed E-state index contributed by atoms with van der Waals surface area (Å²) < 4.78 is 0. The van der Waals surface area contributed by atoms with Crippen LogP contribution in [0, 0.1) is 11.3 Å². The lowest BCUT2D eigenvalue weighted by molar-refractivity contribution is -0.132. The average Bonchev–Trinajstić information content (AvgIpc) is 3.34. The van der Waals surface area contributed by atoms with Gasteiger partial charge in [0.1, 0.15) is 11.6 Å². The Hall–Kier alpha value is -6.38. The van der Waals surface area contributed by atoms with Gasteiger partial charge in [0.05, 0.1) is 0 Å². The van der Waals surface area contributed by atoms with Gasteiger partial charge in [-0.1, -0.05) is 92.7 Å². The third-order valence-corrected chi connectivity index (χ3v) is 9.02. The van der Waals surface area contributed by atoms with Crippen molar-refractivity contribution in [2.45, 2.75) is 19.3 Å². The molecule has 0 unspecified atom stereocenters. The summed E-state index contributed by atoms with van der Waals surface area (Å²) in [6, 6.07) is 54.0. The van der Waals surface area contributed by atoms with Crippen molar-refractivity contribution in [1.29, 1.82) is 5.26 Å². The van der Waals surface area contributed by atoms with E-state index < -0.39 is 5.97 Å². The fraction of sp³-hybridized carbons (Fsp3) is 0.0698. The predicted octanol–water partition coefficient (Wildman–Crippen LogP) is 10.9. The molecule has 0 heterocycles. The van der Waals surface area contributed by atoms with E-state index in [4.69, 9.17) is 0 Å². The standard InChI is InChI=1S/C43H33N3O2/c1-43(2)40-27-36(45(32-12-6-3-7-13-32)33-14-8-4-9-15-33)22-24-38(40)39-25-23-37(28-41(39)43)46(34-16-10-5-11-17-34)35-20-18-30(19-21-35)26-31(29-44)42(47)48/h3-28H,1-2H3,(H,47,48). The van der Waals surface area contributed by atoms with Crippen molar-refractivity contribution < 1.29 is 9.90 Å². The normalized spacial score (nSPS) is 12.8. The number of nitriles is 1. The molecule has 6 aromatic carbocycles. The van der Waals surface area contributed by atoms with E-state index in [1.54, 1.807) is 6.07 Å². The SMILES string of the molecule is CC1(C)c2cc(N(c3ccccc3)c3ccccc3)ccc2-c2ccc(N(c3ccccc3)c3ccc(C=C(C#N)C(=O)O)cc3)cc21. The van der Waals surface area contributed by atoms with E-state index in [1.807, 2.05) is 54.6 Å². The molecule has 0 amide bonds. The first-order valence-electron chi connectivity index (χ1n) is 15.8. The first kappa shape index (κ1) is 30.3. The summed E-state index contributed by atoms with van der Waals surface area (Å²) in [5, 5.41) is 18.5. The van der Waals surface area contributed by atoms with Crippen LogP contribution in [0.1, 0.15) is 30.5 Å². The second kappa shape index (κ2) is 12.4. The number of hydrogen-bond acceptors (Lipinski definition) is 4. The molecule has 0 saturated heterocycles. The summed E-state index contributed by atoms with van der Waals surface area (Å²) >= 11 is 0. The van der Waals surface area contributed by atoms with Gasteiger partial charge in [-0.15, -0.1) is 0 Å². The molecule has 1 aliphatic carbocycles. The zero-order valence-electron chi connectivity index (χ0n) is 26.7. The third kappa shape index (κ3) is 5.50. The molecule has 0 aromatic heterocycles. The lowest BCUT2D eigenvalue weighted by Gasteiger charge is -2.29. The van der Waals surface area contributed by atoms with Gasteiger partial charge in [0.2, 0.25) is 0 Å². The van der Waals surface area contributed by atoms with Crippen LogP contribution in [0.3, 0.4) is 0 Å². The number of carbonyl (C=O) groups is 1. The van der Waals surface area contributed by atoms with Crippen molar-refractivity contribution >= 4 is 46.2 Å². The maximum absolute atomic E-state index is 11.4. The molecule has 5 heteroatoms. The summed E-state index contributed by atoms with van der Waals surface area (Å²) in [5.74, 6) is -1.24. The minimum absolute atomic E-state index is 0.267. The Morgan fingerprint density at radius 1 is 0.583 bits per heavy atom. The van der Waals surface area contributed by atoms with Gasteiger partial charge in [0, 0.05) is 39.5 Å². The summed E-state index contributed by atoms with van der Waals surface area (Å²) in [7, 11) is 0. The van der Waals surface area contributed by atoms with Crippen LogP contribution in [-0.2, 0) is 10.2 Å². The van der Waals surface area contributed by atoms with E-state index in [2.05, 4.69) is 121 Å². The van der Waals surface area contributed by atoms with E-state index in [0.29, 0.717) is 5.56 Å². The van der Waals surface area contributed by atoms with Crippen LogP contribution in [0.15, 0.2) is 157 Å². The molecule has 0 atom stereocenters. The number of carboxylic acids is 1. The van der Waals surface area contributed by atoms with Gasteiger partial charge in [-0.25, -0.2) is 4.79 Å². The molecule has 1 aliphatic rings. The zero-order chi connectivity index (χ0) is 33.3. The van der Waals surface area contributed by atoms with Crippen LogP contribution in [0.4, 0.5) is 34.1 Å². The largest absolute Gasteiger partial charge is 0.477 e. The topological polar surface area (TPSA) is 67.6 Å². The van der Waals surface area contributed by atoms with E-state index in [0.717, 1.165) is 34.1 Å². The fourth-order valence-corrected chi connectivity index (χ4v) is 6.65. The Morgan fingerprint density at radius 3 is 1.33 bits per heavy atom. The van der Waals surface area contributed by atoms with Crippen molar-refractivity contribution in [2.75, 3.05) is 9.80 Å². The van der Waals surface area contributed by atoms with E-state index in [-0.39, 0.29) is 11.0 Å². The summed E-state index contributed by atoms with van der Waals surface area (Å²) in [5.41, 5.74) is 11.3. The molecule has 0 bridgehead atoms. The Bertz CT molecular complexity index is 2140. The Labute approximate surface area is 280 Å². The van der Waals surface area contributed by atoms with Gasteiger partial charge in [0.25, 0.3) is 0 Å². The lowest BCUT2D eigenvalue weighted by Crippen LogP contribution is -2.17. The van der Waals surface area contributed by atoms with Crippen LogP contribution in [-0.4, -0.2) is 11.1 Å². The molecular formula is C43H33N3O2. The average molecular weight is 624 g/mol. The second-order valence-corrected chi connectivity index (χ2v) is 12.3. The van der Waals surface area contributed by atoms with Gasteiger partial charge in [0.15, 0.2) is 0 Å². The van der Waals surface area contributed by atoms with Crippen molar-refractivity contribution in [2.24, 2.45) is 0 Å². The Morgan fingerprint density at radius 2 is 0.958 bits per heavy atom. The first-order valence-corrected chi connectivity index (χ1v) is 15.8. The highest BCUT2D eigenvalue weighted by molar-refractivity contribution is 5.96. The van der Waals surface area contributed by atoms with E-state index in [1.165, 1.54) is 28.3 Å². The van der Waals surface area contributed by atoms with Crippen LogP contribution in [0.5, 0.6) is 0 Å². The molecule has 0 saturated carbocycles. The molecule has 0 fully saturated rings. The van der Waals surface area contributed by atoms with Crippen molar-refractivity contribution in [3.63, 3.8) is 0 Å². The Kier molecular flexibility index (Phi) is 7.84. The highest BCUT2D eigenvalue weighted by Gasteiger charge is 2.36. The number of aliphatic carboxylic acids is 1. The van der Waals surface area contributed by atoms with Crippen molar-refractivity contribution in [3.8, 4) is 17.2 Å². The monoisotopic (exact) mass is 623 g/mol. The molecule has 5 nitrogen and oxygen atoms in total. The smallest absolute Gasteiger partial charge is 0.346 e. The molecule has 0 spiro atoms. The number of para-hydroxylation sites is 3. The maximum Gasteiger partial charge on any atom is 0.346 e. The number of anilines is 6.